The van der Waals surface area contributed by atoms with Gasteiger partial charge in [-0.25, -0.2) is 0 Å². The Labute approximate surface area is 165 Å². The molecule has 0 spiro atoms. The molecular weight excluding hydrogens is 360 g/mol. The second-order valence-electron chi connectivity index (χ2n) is 7.18. The van der Waals surface area contributed by atoms with Crippen LogP contribution in [0.15, 0.2) is 48.5 Å². The molecule has 5 heteroatoms. The topological polar surface area (TPSA) is 58.2 Å². The lowest BCUT2D eigenvalue weighted by atomic mass is 9.68. The Hall–Kier alpha value is -2.33. The fraction of sp³-hybridized carbons (Fsp3) is 0.364. The zero-order valence-electron chi connectivity index (χ0n) is 15.6. The van der Waals surface area contributed by atoms with Crippen LogP contribution in [0, 0.1) is 0 Å². The Kier molecular flexibility index (Phi) is 6.17. The number of rotatable bonds is 5. The first kappa shape index (κ1) is 19.4. The van der Waals surface area contributed by atoms with Gasteiger partial charge in [-0.05, 0) is 42.2 Å². The minimum absolute atomic E-state index is 0.0504. The molecule has 0 saturated heterocycles. The first-order chi connectivity index (χ1) is 13.0. The minimum atomic E-state index is -0.520. The van der Waals surface area contributed by atoms with Crippen molar-refractivity contribution in [2.45, 2.75) is 51.0 Å². The number of amides is 2. The van der Waals surface area contributed by atoms with Crippen LogP contribution in [-0.2, 0) is 21.5 Å². The number of hydrogen-bond acceptors (Lipinski definition) is 2. The Bertz CT molecular complexity index is 811. The van der Waals surface area contributed by atoms with E-state index in [1.165, 1.54) is 6.92 Å². The van der Waals surface area contributed by atoms with Crippen LogP contribution in [-0.4, -0.2) is 11.8 Å². The van der Waals surface area contributed by atoms with Crippen molar-refractivity contribution in [3.63, 3.8) is 0 Å². The zero-order valence-corrected chi connectivity index (χ0v) is 16.3. The van der Waals surface area contributed by atoms with Crippen LogP contribution >= 0.6 is 11.6 Å². The smallest absolute Gasteiger partial charge is 0.230 e. The van der Waals surface area contributed by atoms with Gasteiger partial charge in [0.2, 0.25) is 11.8 Å². The fourth-order valence-corrected chi connectivity index (χ4v) is 4.07. The molecule has 1 saturated carbocycles. The third-order valence-corrected chi connectivity index (χ3v) is 5.67. The predicted molar refractivity (Wildman–Crippen MR) is 109 cm³/mol. The Balaban J connectivity index is 1.80. The summed E-state index contributed by atoms with van der Waals surface area (Å²) in [5.41, 5.74) is 2.15. The summed E-state index contributed by atoms with van der Waals surface area (Å²) in [6.07, 6.45) is 4.89. The quantitative estimate of drug-likeness (QED) is 0.776. The summed E-state index contributed by atoms with van der Waals surface area (Å²) in [6.45, 7) is 1.91. The van der Waals surface area contributed by atoms with Gasteiger partial charge < -0.3 is 10.6 Å². The van der Waals surface area contributed by atoms with Gasteiger partial charge in [0.05, 0.1) is 5.41 Å². The van der Waals surface area contributed by atoms with Gasteiger partial charge in [-0.3, -0.25) is 9.59 Å². The molecule has 0 bridgehead atoms. The van der Waals surface area contributed by atoms with E-state index < -0.39 is 5.41 Å². The second kappa shape index (κ2) is 8.57. The standard InChI is InChI=1S/C22H25ClN2O2/c1-16(26)25-19-11-9-18(10-12-19)22(13-5-2-6-14-22)21(27)24-15-17-7-3-4-8-20(17)23/h3-4,7-12H,2,5-6,13-15H2,1H3,(H,24,27)(H,25,26). The number of benzene rings is 2. The second-order valence-corrected chi connectivity index (χ2v) is 7.58. The van der Waals surface area contributed by atoms with Gasteiger partial charge in [0, 0.05) is 24.2 Å². The van der Waals surface area contributed by atoms with Crippen LogP contribution in [0.1, 0.15) is 50.2 Å². The third-order valence-electron chi connectivity index (χ3n) is 5.30. The van der Waals surface area contributed by atoms with Gasteiger partial charge in [0.25, 0.3) is 0 Å². The van der Waals surface area contributed by atoms with Crippen LogP contribution in [0.5, 0.6) is 0 Å². The highest BCUT2D eigenvalue weighted by Crippen LogP contribution is 2.40. The number of hydrogen-bond donors (Lipinski definition) is 2. The molecule has 0 radical (unpaired) electrons. The monoisotopic (exact) mass is 384 g/mol. The third kappa shape index (κ3) is 4.51. The molecule has 0 atom stereocenters. The van der Waals surface area contributed by atoms with E-state index >= 15 is 0 Å². The fourth-order valence-electron chi connectivity index (χ4n) is 3.86. The van der Waals surface area contributed by atoms with Gasteiger partial charge in [-0.2, -0.15) is 0 Å². The Morgan fingerprint density at radius 3 is 2.30 bits per heavy atom. The largest absolute Gasteiger partial charge is 0.351 e. The maximum Gasteiger partial charge on any atom is 0.230 e. The van der Waals surface area contributed by atoms with E-state index in [0.717, 1.165) is 48.9 Å². The van der Waals surface area contributed by atoms with E-state index in [0.29, 0.717) is 11.6 Å². The van der Waals surface area contributed by atoms with E-state index in [9.17, 15) is 9.59 Å². The molecule has 142 valence electrons. The van der Waals surface area contributed by atoms with Gasteiger partial charge in [-0.15, -0.1) is 0 Å². The van der Waals surface area contributed by atoms with Gasteiger partial charge in [-0.1, -0.05) is 61.2 Å². The maximum absolute atomic E-state index is 13.2. The summed E-state index contributed by atoms with van der Waals surface area (Å²) in [7, 11) is 0. The van der Waals surface area contributed by atoms with Gasteiger partial charge in [0.15, 0.2) is 0 Å². The maximum atomic E-state index is 13.2. The number of carbonyl (C=O) groups excluding carboxylic acids is 2. The molecule has 1 aliphatic carbocycles. The lowest BCUT2D eigenvalue weighted by Crippen LogP contribution is -2.45. The van der Waals surface area contributed by atoms with E-state index in [4.69, 9.17) is 11.6 Å². The molecule has 4 nitrogen and oxygen atoms in total. The van der Waals surface area contributed by atoms with Crippen molar-refractivity contribution in [3.8, 4) is 0 Å². The van der Waals surface area contributed by atoms with Crippen molar-refractivity contribution >= 4 is 29.1 Å². The normalized spacial score (nSPS) is 15.8. The van der Waals surface area contributed by atoms with Crippen LogP contribution in [0.3, 0.4) is 0 Å². The molecule has 0 unspecified atom stereocenters. The summed E-state index contributed by atoms with van der Waals surface area (Å²) >= 11 is 6.22. The molecule has 0 heterocycles. The molecule has 2 N–H and O–H groups in total. The number of carbonyl (C=O) groups is 2. The molecule has 3 rings (SSSR count). The van der Waals surface area contributed by atoms with E-state index in [-0.39, 0.29) is 11.8 Å². The molecule has 1 aliphatic rings. The predicted octanol–water partition coefficient (Wildman–Crippen LogP) is 4.82. The molecule has 27 heavy (non-hydrogen) atoms. The Morgan fingerprint density at radius 2 is 1.67 bits per heavy atom. The van der Waals surface area contributed by atoms with Crippen molar-refractivity contribution in [1.82, 2.24) is 5.32 Å². The van der Waals surface area contributed by atoms with Crippen LogP contribution < -0.4 is 10.6 Å². The molecule has 2 aromatic carbocycles. The number of halogens is 1. The van der Waals surface area contributed by atoms with Crippen LogP contribution in [0.4, 0.5) is 5.69 Å². The molecule has 1 fully saturated rings. The summed E-state index contributed by atoms with van der Waals surface area (Å²) in [5, 5.41) is 6.54. The van der Waals surface area contributed by atoms with E-state index in [1.807, 2.05) is 48.5 Å². The summed E-state index contributed by atoms with van der Waals surface area (Å²) in [5.74, 6) is -0.0537. The van der Waals surface area contributed by atoms with E-state index in [2.05, 4.69) is 10.6 Å². The SMILES string of the molecule is CC(=O)Nc1ccc(C2(C(=O)NCc3ccccc3Cl)CCCCC2)cc1. The van der Waals surface area contributed by atoms with Crippen molar-refractivity contribution in [1.29, 1.82) is 0 Å². The van der Waals surface area contributed by atoms with E-state index in [1.54, 1.807) is 0 Å². The van der Waals surface area contributed by atoms with Crippen molar-refractivity contribution in [2.24, 2.45) is 0 Å². The van der Waals surface area contributed by atoms with Crippen molar-refractivity contribution in [2.75, 3.05) is 5.32 Å². The van der Waals surface area contributed by atoms with Gasteiger partial charge >= 0.3 is 0 Å². The summed E-state index contributed by atoms with van der Waals surface area (Å²) in [6, 6.07) is 15.2. The van der Waals surface area contributed by atoms with Crippen LogP contribution in [0.25, 0.3) is 0 Å². The first-order valence-corrected chi connectivity index (χ1v) is 9.79. The molecule has 0 aliphatic heterocycles. The molecule has 2 amide bonds. The van der Waals surface area contributed by atoms with Crippen molar-refractivity contribution in [3.05, 3.63) is 64.7 Å². The highest BCUT2D eigenvalue weighted by atomic mass is 35.5. The average molecular weight is 385 g/mol. The zero-order chi connectivity index (χ0) is 19.3. The Morgan fingerprint density at radius 1 is 1.00 bits per heavy atom. The molecular formula is C22H25ClN2O2. The highest BCUT2D eigenvalue weighted by Gasteiger charge is 2.40. The molecule has 0 aromatic heterocycles. The number of nitrogens with one attached hydrogen (secondary N) is 2. The lowest BCUT2D eigenvalue weighted by Gasteiger charge is -2.36. The van der Waals surface area contributed by atoms with Gasteiger partial charge in [0.1, 0.15) is 0 Å². The lowest BCUT2D eigenvalue weighted by molar-refractivity contribution is -0.128. The van der Waals surface area contributed by atoms with Crippen molar-refractivity contribution < 1.29 is 9.59 Å². The number of anilines is 1. The minimum Gasteiger partial charge on any atom is -0.351 e. The highest BCUT2D eigenvalue weighted by molar-refractivity contribution is 6.31. The first-order valence-electron chi connectivity index (χ1n) is 9.41. The average Bonchev–Trinajstić information content (AvgIpc) is 2.68. The summed E-state index contributed by atoms with van der Waals surface area (Å²) < 4.78 is 0. The summed E-state index contributed by atoms with van der Waals surface area (Å²) in [4.78, 5) is 24.5. The van der Waals surface area contributed by atoms with Crippen LogP contribution in [0.2, 0.25) is 5.02 Å². The molecule has 2 aromatic rings.